The second-order valence-corrected chi connectivity index (χ2v) is 8.21. The van der Waals surface area contributed by atoms with E-state index in [1.54, 1.807) is 0 Å². The van der Waals surface area contributed by atoms with Gasteiger partial charge in [-0.3, -0.25) is 0 Å². The van der Waals surface area contributed by atoms with Crippen LogP contribution in [0, 0.1) is 17.3 Å². The zero-order valence-electron chi connectivity index (χ0n) is 14.3. The van der Waals surface area contributed by atoms with Crippen LogP contribution in [0.3, 0.4) is 0 Å². The van der Waals surface area contributed by atoms with Crippen LogP contribution in [-0.2, 0) is 0 Å². The van der Waals surface area contributed by atoms with Crippen LogP contribution in [0.1, 0.15) is 65.7 Å². The summed E-state index contributed by atoms with van der Waals surface area (Å²) in [6.07, 6.45) is 10.0. The lowest BCUT2D eigenvalue weighted by molar-refractivity contribution is 0.0556. The molecule has 0 unspecified atom stereocenters. The number of hydrogen-bond acceptors (Lipinski definition) is 2. The quantitative estimate of drug-likeness (QED) is 0.760. The van der Waals surface area contributed by atoms with Crippen molar-refractivity contribution >= 4 is 0 Å². The normalized spacial score (nSPS) is 31.8. The summed E-state index contributed by atoms with van der Waals surface area (Å²) in [6.45, 7) is 10.8. The molecule has 2 heteroatoms. The van der Waals surface area contributed by atoms with Crippen molar-refractivity contribution in [3.63, 3.8) is 0 Å². The molecule has 0 aromatic carbocycles. The van der Waals surface area contributed by atoms with Gasteiger partial charge < -0.3 is 10.2 Å². The minimum absolute atomic E-state index is 0.547. The van der Waals surface area contributed by atoms with Crippen molar-refractivity contribution in [2.45, 2.75) is 71.8 Å². The smallest absolute Gasteiger partial charge is 0.00924 e. The molecule has 2 fully saturated rings. The molecule has 2 saturated carbocycles. The van der Waals surface area contributed by atoms with E-state index in [9.17, 15) is 0 Å². The SMILES string of the molecule is CC(C)CNCC1(CN(C)C2CCC2)CCC(C)CC1. The van der Waals surface area contributed by atoms with Gasteiger partial charge in [0.25, 0.3) is 0 Å². The predicted molar refractivity (Wildman–Crippen MR) is 88.0 cm³/mol. The molecule has 1 N–H and O–H groups in total. The second kappa shape index (κ2) is 7.26. The van der Waals surface area contributed by atoms with E-state index < -0.39 is 0 Å². The molecular weight excluding hydrogens is 244 g/mol. The Kier molecular flexibility index (Phi) is 5.92. The van der Waals surface area contributed by atoms with Gasteiger partial charge in [-0.1, -0.05) is 40.0 Å². The monoisotopic (exact) mass is 280 g/mol. The molecule has 0 saturated heterocycles. The van der Waals surface area contributed by atoms with Crippen LogP contribution in [0.4, 0.5) is 0 Å². The van der Waals surface area contributed by atoms with Gasteiger partial charge in [0.15, 0.2) is 0 Å². The average molecular weight is 280 g/mol. The molecule has 2 aliphatic rings. The summed E-state index contributed by atoms with van der Waals surface area (Å²) < 4.78 is 0. The second-order valence-electron chi connectivity index (χ2n) is 8.21. The molecule has 2 rings (SSSR count). The topological polar surface area (TPSA) is 15.3 Å². The first-order valence-corrected chi connectivity index (χ1v) is 8.92. The lowest BCUT2D eigenvalue weighted by atomic mass is 9.70. The Balaban J connectivity index is 1.88. The first kappa shape index (κ1) is 16.3. The first-order valence-electron chi connectivity index (χ1n) is 8.92. The van der Waals surface area contributed by atoms with E-state index in [-0.39, 0.29) is 0 Å². The van der Waals surface area contributed by atoms with Gasteiger partial charge in [0.2, 0.25) is 0 Å². The van der Waals surface area contributed by atoms with E-state index in [4.69, 9.17) is 0 Å². The van der Waals surface area contributed by atoms with Crippen molar-refractivity contribution in [1.29, 1.82) is 0 Å². The van der Waals surface area contributed by atoms with Gasteiger partial charge in [-0.05, 0) is 56.5 Å². The summed E-state index contributed by atoms with van der Waals surface area (Å²) in [4.78, 5) is 2.68. The molecule has 0 bridgehead atoms. The van der Waals surface area contributed by atoms with Crippen molar-refractivity contribution < 1.29 is 0 Å². The van der Waals surface area contributed by atoms with Crippen molar-refractivity contribution in [1.82, 2.24) is 10.2 Å². The fraction of sp³-hybridized carbons (Fsp3) is 1.00. The molecular formula is C18H36N2. The third-order valence-corrected chi connectivity index (χ3v) is 5.67. The van der Waals surface area contributed by atoms with Gasteiger partial charge in [-0.25, -0.2) is 0 Å². The molecule has 20 heavy (non-hydrogen) atoms. The summed E-state index contributed by atoms with van der Waals surface area (Å²) >= 11 is 0. The Labute approximate surface area is 126 Å². The van der Waals surface area contributed by atoms with Crippen molar-refractivity contribution in [2.75, 3.05) is 26.7 Å². The average Bonchev–Trinajstić information content (AvgIpc) is 2.30. The maximum atomic E-state index is 3.76. The van der Waals surface area contributed by atoms with E-state index in [0.717, 1.165) is 17.9 Å². The number of rotatable bonds is 7. The van der Waals surface area contributed by atoms with E-state index in [1.165, 1.54) is 64.6 Å². The van der Waals surface area contributed by atoms with Crippen molar-refractivity contribution in [3.8, 4) is 0 Å². The molecule has 2 nitrogen and oxygen atoms in total. The summed E-state index contributed by atoms with van der Waals surface area (Å²) in [7, 11) is 2.37. The van der Waals surface area contributed by atoms with Crippen LogP contribution >= 0.6 is 0 Å². The predicted octanol–water partition coefficient (Wildman–Crippen LogP) is 3.91. The largest absolute Gasteiger partial charge is 0.316 e. The Morgan fingerprint density at radius 2 is 1.80 bits per heavy atom. The van der Waals surface area contributed by atoms with Crippen LogP contribution in [0.5, 0.6) is 0 Å². The van der Waals surface area contributed by atoms with Crippen molar-refractivity contribution in [2.24, 2.45) is 17.3 Å². The molecule has 0 aromatic rings. The fourth-order valence-electron chi connectivity index (χ4n) is 3.88. The van der Waals surface area contributed by atoms with E-state index in [2.05, 4.69) is 38.0 Å². The molecule has 0 aliphatic heterocycles. The van der Waals surface area contributed by atoms with Gasteiger partial charge in [-0.2, -0.15) is 0 Å². The minimum atomic E-state index is 0.547. The Bertz CT molecular complexity index is 275. The molecule has 118 valence electrons. The highest BCUT2D eigenvalue weighted by Crippen LogP contribution is 2.40. The highest BCUT2D eigenvalue weighted by Gasteiger charge is 2.36. The Hall–Kier alpha value is -0.0800. The summed E-state index contributed by atoms with van der Waals surface area (Å²) in [5, 5.41) is 3.76. The molecule has 0 spiro atoms. The maximum absolute atomic E-state index is 3.76. The van der Waals surface area contributed by atoms with Crippen LogP contribution in [-0.4, -0.2) is 37.6 Å². The van der Waals surface area contributed by atoms with Gasteiger partial charge in [0.05, 0.1) is 0 Å². The number of nitrogens with zero attached hydrogens (tertiary/aromatic N) is 1. The van der Waals surface area contributed by atoms with Gasteiger partial charge >= 0.3 is 0 Å². The highest BCUT2D eigenvalue weighted by molar-refractivity contribution is 4.91. The first-order chi connectivity index (χ1) is 9.51. The molecule has 0 aromatic heterocycles. The maximum Gasteiger partial charge on any atom is 0.00924 e. The van der Waals surface area contributed by atoms with Gasteiger partial charge in [-0.15, -0.1) is 0 Å². The van der Waals surface area contributed by atoms with Crippen LogP contribution in [0.25, 0.3) is 0 Å². The van der Waals surface area contributed by atoms with Crippen LogP contribution in [0.2, 0.25) is 0 Å². The zero-order valence-corrected chi connectivity index (χ0v) is 14.3. The number of hydrogen-bond donors (Lipinski definition) is 1. The molecule has 0 amide bonds. The van der Waals surface area contributed by atoms with Crippen LogP contribution in [0.15, 0.2) is 0 Å². The lowest BCUT2D eigenvalue weighted by Crippen LogP contribution is -2.49. The van der Waals surface area contributed by atoms with Gasteiger partial charge in [0, 0.05) is 19.1 Å². The van der Waals surface area contributed by atoms with E-state index in [0.29, 0.717) is 5.41 Å². The third-order valence-electron chi connectivity index (χ3n) is 5.67. The Morgan fingerprint density at radius 3 is 2.30 bits per heavy atom. The standard InChI is InChI=1S/C18H36N2/c1-15(2)12-19-13-18(10-8-16(3)9-11-18)14-20(4)17-6-5-7-17/h15-17,19H,5-14H2,1-4H3. The molecule has 0 heterocycles. The molecule has 0 radical (unpaired) electrons. The lowest BCUT2D eigenvalue weighted by Gasteiger charge is -2.46. The summed E-state index contributed by atoms with van der Waals surface area (Å²) in [5.74, 6) is 1.71. The summed E-state index contributed by atoms with van der Waals surface area (Å²) in [5.41, 5.74) is 0.547. The van der Waals surface area contributed by atoms with Crippen LogP contribution < -0.4 is 5.32 Å². The fourth-order valence-corrected chi connectivity index (χ4v) is 3.88. The van der Waals surface area contributed by atoms with E-state index >= 15 is 0 Å². The Morgan fingerprint density at radius 1 is 1.15 bits per heavy atom. The minimum Gasteiger partial charge on any atom is -0.316 e. The number of nitrogens with one attached hydrogen (secondary N) is 1. The van der Waals surface area contributed by atoms with Gasteiger partial charge in [0.1, 0.15) is 0 Å². The van der Waals surface area contributed by atoms with Crippen molar-refractivity contribution in [3.05, 3.63) is 0 Å². The van der Waals surface area contributed by atoms with E-state index in [1.807, 2.05) is 0 Å². The molecule has 0 atom stereocenters. The molecule has 2 aliphatic carbocycles. The highest BCUT2D eigenvalue weighted by atomic mass is 15.1. The zero-order chi connectivity index (χ0) is 14.6. The third kappa shape index (κ3) is 4.46. The summed E-state index contributed by atoms with van der Waals surface area (Å²) in [6, 6.07) is 0.885.